The number of fused-ring (bicyclic) bond motifs is 3. The van der Waals surface area contributed by atoms with E-state index in [1.54, 1.807) is 11.5 Å². The Morgan fingerprint density at radius 2 is 2.03 bits per heavy atom. The van der Waals surface area contributed by atoms with Crippen LogP contribution in [0.15, 0.2) is 47.3 Å². The van der Waals surface area contributed by atoms with E-state index in [9.17, 15) is 4.79 Å². The fourth-order valence-corrected chi connectivity index (χ4v) is 4.71. The van der Waals surface area contributed by atoms with Gasteiger partial charge in [-0.25, -0.2) is 14.3 Å². The van der Waals surface area contributed by atoms with Crippen LogP contribution >= 0.6 is 0 Å². The highest BCUT2D eigenvalue weighted by atomic mass is 16.5. The predicted octanol–water partition coefficient (Wildman–Crippen LogP) is 2.97. The standard InChI is InChI=1S/C26H31N5O3/c1-18-13-25-28-29-26(32)31(25)23-15-22(24(33-2)16-21(18)23)20-6-3-5-19(14-20)17-27-7-4-8-30-9-11-34-12-10-30/h3,5-6,13-16,27H,4,7-12,17H2,1-2H3,(H,29,32). The Kier molecular flexibility index (Phi) is 6.62. The maximum Gasteiger partial charge on any atom is 0.348 e. The summed E-state index contributed by atoms with van der Waals surface area (Å²) in [5.41, 5.74) is 5.44. The third kappa shape index (κ3) is 4.57. The molecule has 0 radical (unpaired) electrons. The summed E-state index contributed by atoms with van der Waals surface area (Å²) in [5.74, 6) is 0.780. The van der Waals surface area contributed by atoms with Crippen LogP contribution in [0.2, 0.25) is 0 Å². The quantitative estimate of drug-likeness (QED) is 0.393. The summed E-state index contributed by atoms with van der Waals surface area (Å²) in [5, 5.41) is 11.2. The van der Waals surface area contributed by atoms with Crippen LogP contribution in [-0.4, -0.2) is 66.0 Å². The Hall–Kier alpha value is -3.20. The van der Waals surface area contributed by atoms with Crippen LogP contribution in [-0.2, 0) is 11.3 Å². The molecular weight excluding hydrogens is 430 g/mol. The number of morpholine rings is 1. The van der Waals surface area contributed by atoms with Crippen molar-refractivity contribution in [2.75, 3.05) is 46.5 Å². The van der Waals surface area contributed by atoms with Crippen molar-refractivity contribution in [1.82, 2.24) is 24.8 Å². The van der Waals surface area contributed by atoms with E-state index >= 15 is 0 Å². The van der Waals surface area contributed by atoms with E-state index in [2.05, 4.69) is 44.7 Å². The van der Waals surface area contributed by atoms with Crippen molar-refractivity contribution in [3.05, 3.63) is 64.1 Å². The molecule has 1 aliphatic heterocycles. The third-order valence-electron chi connectivity index (χ3n) is 6.53. The Morgan fingerprint density at radius 1 is 1.18 bits per heavy atom. The molecule has 0 unspecified atom stereocenters. The lowest BCUT2D eigenvalue weighted by molar-refractivity contribution is 0.0374. The molecule has 0 atom stereocenters. The molecule has 3 heterocycles. The van der Waals surface area contributed by atoms with Crippen LogP contribution in [0, 0.1) is 6.92 Å². The molecule has 1 saturated heterocycles. The summed E-state index contributed by atoms with van der Waals surface area (Å²) in [6, 6.07) is 14.4. The maximum atomic E-state index is 12.4. The zero-order valence-corrected chi connectivity index (χ0v) is 19.8. The van der Waals surface area contributed by atoms with Gasteiger partial charge in [0, 0.05) is 30.6 Å². The fraction of sp³-hybridized carbons (Fsp3) is 0.385. The van der Waals surface area contributed by atoms with Gasteiger partial charge in [0.25, 0.3) is 0 Å². The summed E-state index contributed by atoms with van der Waals surface area (Å²) < 4.78 is 12.8. The molecule has 2 aromatic heterocycles. The van der Waals surface area contributed by atoms with Gasteiger partial charge in [-0.05, 0) is 67.4 Å². The maximum absolute atomic E-state index is 12.4. The minimum atomic E-state index is -0.244. The van der Waals surface area contributed by atoms with Gasteiger partial charge in [0.2, 0.25) is 0 Å². The summed E-state index contributed by atoms with van der Waals surface area (Å²) in [6.07, 6.45) is 1.12. The molecule has 4 aromatic rings. The van der Waals surface area contributed by atoms with Crippen molar-refractivity contribution in [3.63, 3.8) is 0 Å². The molecule has 0 bridgehead atoms. The topological polar surface area (TPSA) is 83.9 Å². The van der Waals surface area contributed by atoms with Gasteiger partial charge in [0.15, 0.2) is 5.65 Å². The van der Waals surface area contributed by atoms with Gasteiger partial charge in [-0.1, -0.05) is 18.2 Å². The van der Waals surface area contributed by atoms with Gasteiger partial charge < -0.3 is 14.8 Å². The average molecular weight is 462 g/mol. The Labute approximate surface area is 198 Å². The van der Waals surface area contributed by atoms with Crippen molar-refractivity contribution in [1.29, 1.82) is 0 Å². The zero-order chi connectivity index (χ0) is 23.5. The summed E-state index contributed by atoms with van der Waals surface area (Å²) in [7, 11) is 1.68. The van der Waals surface area contributed by atoms with Crippen molar-refractivity contribution in [2.45, 2.75) is 19.9 Å². The number of aromatic amines is 1. The first kappa shape index (κ1) is 22.6. The highest BCUT2D eigenvalue weighted by Gasteiger charge is 2.14. The van der Waals surface area contributed by atoms with Gasteiger partial charge in [-0.3, -0.25) is 4.90 Å². The van der Waals surface area contributed by atoms with Gasteiger partial charge in [0.1, 0.15) is 5.75 Å². The Balaban J connectivity index is 1.37. The fourth-order valence-electron chi connectivity index (χ4n) is 4.71. The number of rotatable bonds is 8. The van der Waals surface area contributed by atoms with Gasteiger partial charge >= 0.3 is 5.69 Å². The number of hydrogen-bond acceptors (Lipinski definition) is 6. The highest BCUT2D eigenvalue weighted by Crippen LogP contribution is 2.35. The van der Waals surface area contributed by atoms with Crippen molar-refractivity contribution in [3.8, 4) is 16.9 Å². The van der Waals surface area contributed by atoms with E-state index in [-0.39, 0.29) is 5.69 Å². The second-order valence-electron chi connectivity index (χ2n) is 8.80. The number of aryl methyl sites for hydroxylation is 1. The first-order valence-electron chi connectivity index (χ1n) is 11.8. The average Bonchev–Trinajstić information content (AvgIpc) is 3.24. The molecule has 2 N–H and O–H groups in total. The van der Waals surface area contributed by atoms with Crippen LogP contribution in [0.1, 0.15) is 17.5 Å². The molecular formula is C26H31N5O3. The molecule has 178 valence electrons. The predicted molar refractivity (Wildman–Crippen MR) is 134 cm³/mol. The molecule has 8 nitrogen and oxygen atoms in total. The van der Waals surface area contributed by atoms with Gasteiger partial charge in [-0.15, -0.1) is 0 Å². The normalized spacial score (nSPS) is 14.8. The van der Waals surface area contributed by atoms with Crippen LogP contribution in [0.3, 0.4) is 0 Å². The Morgan fingerprint density at radius 3 is 2.85 bits per heavy atom. The highest BCUT2D eigenvalue weighted by molar-refractivity contribution is 5.92. The van der Waals surface area contributed by atoms with Crippen molar-refractivity contribution in [2.24, 2.45) is 0 Å². The first-order chi connectivity index (χ1) is 16.6. The Bertz CT molecular complexity index is 1350. The number of ether oxygens (including phenoxy) is 2. The van der Waals surface area contributed by atoms with Crippen LogP contribution < -0.4 is 15.7 Å². The van der Waals surface area contributed by atoms with Gasteiger partial charge in [-0.2, -0.15) is 5.10 Å². The number of nitrogens with one attached hydrogen (secondary N) is 2. The minimum absolute atomic E-state index is 0.244. The minimum Gasteiger partial charge on any atom is -0.496 e. The van der Waals surface area contributed by atoms with Crippen molar-refractivity contribution < 1.29 is 9.47 Å². The van der Waals surface area contributed by atoms with Crippen molar-refractivity contribution >= 4 is 16.6 Å². The second-order valence-corrected chi connectivity index (χ2v) is 8.80. The van der Waals surface area contributed by atoms with E-state index in [0.717, 1.165) is 85.7 Å². The molecule has 8 heteroatoms. The second kappa shape index (κ2) is 9.97. The first-order valence-corrected chi connectivity index (χ1v) is 11.8. The molecule has 2 aromatic carbocycles. The molecule has 0 spiro atoms. The number of benzene rings is 2. The molecule has 5 rings (SSSR count). The molecule has 0 aliphatic carbocycles. The zero-order valence-electron chi connectivity index (χ0n) is 19.8. The van der Waals surface area contributed by atoms with Gasteiger partial charge in [0.05, 0.1) is 25.8 Å². The van der Waals surface area contributed by atoms with Crippen LogP contribution in [0.5, 0.6) is 5.75 Å². The smallest absolute Gasteiger partial charge is 0.348 e. The van der Waals surface area contributed by atoms with Crippen LogP contribution in [0.25, 0.3) is 27.7 Å². The number of methoxy groups -OCH3 is 1. The summed E-state index contributed by atoms with van der Waals surface area (Å²) in [6.45, 7) is 8.66. The number of hydrogen-bond donors (Lipinski definition) is 2. The molecule has 0 saturated carbocycles. The lowest BCUT2D eigenvalue weighted by Gasteiger charge is -2.26. The van der Waals surface area contributed by atoms with E-state index in [4.69, 9.17) is 9.47 Å². The van der Waals surface area contributed by atoms with E-state index in [1.165, 1.54) is 5.56 Å². The van der Waals surface area contributed by atoms with E-state index in [0.29, 0.717) is 5.65 Å². The number of aromatic nitrogens is 3. The van der Waals surface area contributed by atoms with E-state index in [1.807, 2.05) is 25.1 Å². The third-order valence-corrected chi connectivity index (χ3v) is 6.53. The molecule has 1 fully saturated rings. The molecule has 34 heavy (non-hydrogen) atoms. The van der Waals surface area contributed by atoms with E-state index < -0.39 is 0 Å². The largest absolute Gasteiger partial charge is 0.496 e. The summed E-state index contributed by atoms with van der Waals surface area (Å²) >= 11 is 0. The molecule has 0 amide bonds. The monoisotopic (exact) mass is 461 g/mol. The summed E-state index contributed by atoms with van der Waals surface area (Å²) in [4.78, 5) is 14.9. The lowest BCUT2D eigenvalue weighted by atomic mass is 9.99. The molecule has 1 aliphatic rings. The number of nitrogens with zero attached hydrogens (tertiary/aromatic N) is 3. The number of pyridine rings is 1. The van der Waals surface area contributed by atoms with Crippen LogP contribution in [0.4, 0.5) is 0 Å². The number of H-pyrrole nitrogens is 1. The lowest BCUT2D eigenvalue weighted by Crippen LogP contribution is -2.37. The SMILES string of the molecule is COc1cc2c(C)cc3n[nH]c(=O)n3c2cc1-c1cccc(CNCCCN2CCOCC2)c1.